The van der Waals surface area contributed by atoms with Crippen molar-refractivity contribution in [2.75, 3.05) is 6.54 Å². The van der Waals surface area contributed by atoms with Crippen molar-refractivity contribution >= 4 is 5.91 Å². The van der Waals surface area contributed by atoms with Crippen molar-refractivity contribution in [2.24, 2.45) is 0 Å². The molecule has 0 aliphatic carbocycles. The molecule has 18 heavy (non-hydrogen) atoms. The lowest BCUT2D eigenvalue weighted by molar-refractivity contribution is -0.133. The highest BCUT2D eigenvalue weighted by Crippen LogP contribution is 2.32. The molecule has 1 aromatic carbocycles. The van der Waals surface area contributed by atoms with Crippen molar-refractivity contribution in [2.45, 2.75) is 45.3 Å². The lowest BCUT2D eigenvalue weighted by atomic mass is 9.99. The van der Waals surface area contributed by atoms with Gasteiger partial charge in [-0.2, -0.15) is 0 Å². The fourth-order valence-electron chi connectivity index (χ4n) is 2.50. The van der Waals surface area contributed by atoms with Crippen LogP contribution in [0.5, 0.6) is 0 Å². The van der Waals surface area contributed by atoms with Crippen LogP contribution in [-0.4, -0.2) is 22.9 Å². The van der Waals surface area contributed by atoms with Gasteiger partial charge in [-0.1, -0.05) is 44.2 Å². The largest absolute Gasteiger partial charge is 0.321 e. The van der Waals surface area contributed by atoms with Crippen LogP contribution in [0.3, 0.4) is 0 Å². The van der Waals surface area contributed by atoms with E-state index in [1.54, 1.807) is 0 Å². The summed E-state index contributed by atoms with van der Waals surface area (Å²) in [5.74, 6) is 0.223. The lowest BCUT2D eigenvalue weighted by Crippen LogP contribution is -2.43. The number of nitrogens with zero attached hydrogens (tertiary/aromatic N) is 1. The van der Waals surface area contributed by atoms with E-state index in [0.717, 1.165) is 24.9 Å². The number of hydrogen-bond donors (Lipinski definition) is 1. The third-order valence-corrected chi connectivity index (χ3v) is 3.79. The van der Waals surface area contributed by atoms with Gasteiger partial charge in [-0.05, 0) is 25.3 Å². The zero-order valence-corrected chi connectivity index (χ0v) is 11.4. The molecule has 1 heterocycles. The Balaban J connectivity index is 2.32. The molecule has 3 nitrogen and oxygen atoms in total. The maximum Gasteiger partial charge on any atom is 0.244 e. The number of hydrogen-bond acceptors (Lipinski definition) is 2. The summed E-state index contributed by atoms with van der Waals surface area (Å²) in [4.78, 5) is 14.5. The summed E-state index contributed by atoms with van der Waals surface area (Å²) in [6.45, 7) is 6.97. The minimum Gasteiger partial charge on any atom is -0.321 e. The van der Waals surface area contributed by atoms with Crippen LogP contribution in [0.25, 0.3) is 0 Å². The Labute approximate surface area is 109 Å². The van der Waals surface area contributed by atoms with E-state index >= 15 is 0 Å². The summed E-state index contributed by atoms with van der Waals surface area (Å²) in [6.07, 6.45) is 1.81. The number of benzene rings is 1. The molecule has 0 aromatic heterocycles. The molecule has 1 saturated heterocycles. The molecule has 2 rings (SSSR count). The van der Waals surface area contributed by atoms with Gasteiger partial charge in [0.1, 0.15) is 6.17 Å². The molecule has 0 bridgehead atoms. The first kappa shape index (κ1) is 13.1. The van der Waals surface area contributed by atoms with Gasteiger partial charge in [0.25, 0.3) is 0 Å². The molecular weight excluding hydrogens is 224 g/mol. The Kier molecular flexibility index (Phi) is 3.71. The van der Waals surface area contributed by atoms with Gasteiger partial charge >= 0.3 is 0 Å². The van der Waals surface area contributed by atoms with E-state index in [0.29, 0.717) is 0 Å². The highest BCUT2D eigenvalue weighted by atomic mass is 16.2. The van der Waals surface area contributed by atoms with Gasteiger partial charge in [0, 0.05) is 6.54 Å². The van der Waals surface area contributed by atoms with Crippen LogP contribution in [0.15, 0.2) is 30.3 Å². The number of nitrogens with one attached hydrogen (secondary N) is 1. The van der Waals surface area contributed by atoms with Crippen LogP contribution in [0.1, 0.15) is 45.3 Å². The third kappa shape index (κ3) is 2.15. The molecular formula is C15H22N2O. The summed E-state index contributed by atoms with van der Waals surface area (Å²) in [6, 6.07) is 10.2. The maximum atomic E-state index is 12.5. The van der Waals surface area contributed by atoms with Gasteiger partial charge < -0.3 is 4.90 Å². The van der Waals surface area contributed by atoms with Crippen LogP contribution in [0.2, 0.25) is 0 Å². The summed E-state index contributed by atoms with van der Waals surface area (Å²) >= 11 is 0. The minimum atomic E-state index is -0.421. The number of rotatable bonds is 4. The van der Waals surface area contributed by atoms with E-state index in [9.17, 15) is 4.79 Å². The van der Waals surface area contributed by atoms with Gasteiger partial charge in [-0.3, -0.25) is 10.1 Å². The second-order valence-electron chi connectivity index (χ2n) is 5.14. The lowest BCUT2D eigenvalue weighted by Gasteiger charge is -2.23. The van der Waals surface area contributed by atoms with E-state index in [-0.39, 0.29) is 12.1 Å². The second-order valence-corrected chi connectivity index (χ2v) is 5.14. The van der Waals surface area contributed by atoms with E-state index < -0.39 is 5.54 Å². The minimum absolute atomic E-state index is 0.0172. The van der Waals surface area contributed by atoms with Crippen molar-refractivity contribution in [3.8, 4) is 0 Å². The van der Waals surface area contributed by atoms with Crippen LogP contribution >= 0.6 is 0 Å². The topological polar surface area (TPSA) is 32.3 Å². The molecule has 0 spiro atoms. The van der Waals surface area contributed by atoms with Crippen molar-refractivity contribution in [3.05, 3.63) is 35.9 Å². The average Bonchev–Trinajstić information content (AvgIpc) is 2.66. The molecule has 1 aliphatic rings. The monoisotopic (exact) mass is 246 g/mol. The molecule has 1 fully saturated rings. The Morgan fingerprint density at radius 1 is 1.28 bits per heavy atom. The maximum absolute atomic E-state index is 12.5. The van der Waals surface area contributed by atoms with Crippen molar-refractivity contribution in [3.63, 3.8) is 0 Å². The standard InChI is InChI=1S/C15H22N2O/c1-4-11-17-13(12-9-7-6-8-10-12)16-15(3,5-2)14(17)18/h6-10,13,16H,4-5,11H2,1-3H3. The smallest absolute Gasteiger partial charge is 0.244 e. The van der Waals surface area contributed by atoms with Crippen molar-refractivity contribution < 1.29 is 4.79 Å². The van der Waals surface area contributed by atoms with E-state index in [2.05, 4.69) is 31.3 Å². The van der Waals surface area contributed by atoms with Gasteiger partial charge in [0.2, 0.25) is 5.91 Å². The number of carbonyl (C=O) groups excluding carboxylic acids is 1. The highest BCUT2D eigenvalue weighted by molar-refractivity contribution is 5.88. The molecule has 3 heteroatoms. The van der Waals surface area contributed by atoms with Crippen molar-refractivity contribution in [1.29, 1.82) is 0 Å². The molecule has 0 saturated carbocycles. The van der Waals surface area contributed by atoms with E-state index in [1.165, 1.54) is 0 Å². The molecule has 98 valence electrons. The first-order valence-corrected chi connectivity index (χ1v) is 6.76. The van der Waals surface area contributed by atoms with Gasteiger partial charge in [-0.25, -0.2) is 0 Å². The SMILES string of the molecule is CCCN1C(=O)C(C)(CC)NC1c1ccccc1. The van der Waals surface area contributed by atoms with E-state index in [4.69, 9.17) is 0 Å². The van der Waals surface area contributed by atoms with Crippen molar-refractivity contribution in [1.82, 2.24) is 10.2 Å². The van der Waals surface area contributed by atoms with E-state index in [1.807, 2.05) is 30.0 Å². The summed E-state index contributed by atoms with van der Waals surface area (Å²) in [7, 11) is 0. The first-order valence-electron chi connectivity index (χ1n) is 6.76. The quantitative estimate of drug-likeness (QED) is 0.886. The molecule has 1 aliphatic heterocycles. The summed E-state index contributed by atoms with van der Waals surface area (Å²) in [5.41, 5.74) is 0.742. The fraction of sp³-hybridized carbons (Fsp3) is 0.533. The van der Waals surface area contributed by atoms with Gasteiger partial charge in [-0.15, -0.1) is 0 Å². The Morgan fingerprint density at radius 2 is 1.94 bits per heavy atom. The Bertz CT molecular complexity index is 418. The molecule has 1 aromatic rings. The zero-order valence-electron chi connectivity index (χ0n) is 11.4. The number of carbonyl (C=O) groups is 1. The normalized spacial score (nSPS) is 27.8. The number of amides is 1. The van der Waals surface area contributed by atoms with Crippen LogP contribution in [0.4, 0.5) is 0 Å². The average molecular weight is 246 g/mol. The van der Waals surface area contributed by atoms with Crippen LogP contribution < -0.4 is 5.32 Å². The van der Waals surface area contributed by atoms with Gasteiger partial charge in [0.15, 0.2) is 0 Å². The molecule has 2 atom stereocenters. The zero-order chi connectivity index (χ0) is 13.2. The predicted octanol–water partition coefficient (Wildman–Crippen LogP) is 2.70. The Hall–Kier alpha value is -1.35. The predicted molar refractivity (Wildman–Crippen MR) is 73.0 cm³/mol. The third-order valence-electron chi connectivity index (χ3n) is 3.79. The van der Waals surface area contributed by atoms with Crippen LogP contribution in [-0.2, 0) is 4.79 Å². The Morgan fingerprint density at radius 3 is 2.50 bits per heavy atom. The summed E-state index contributed by atoms with van der Waals surface area (Å²) in [5, 5.41) is 3.49. The molecule has 1 N–H and O–H groups in total. The molecule has 0 radical (unpaired) electrons. The first-order chi connectivity index (χ1) is 8.62. The van der Waals surface area contributed by atoms with Crippen LogP contribution in [0, 0.1) is 0 Å². The second kappa shape index (κ2) is 5.11. The van der Waals surface area contributed by atoms with Gasteiger partial charge in [0.05, 0.1) is 5.54 Å². The molecule has 1 amide bonds. The highest BCUT2D eigenvalue weighted by Gasteiger charge is 2.46. The summed E-state index contributed by atoms with van der Waals surface area (Å²) < 4.78 is 0. The fourth-order valence-corrected chi connectivity index (χ4v) is 2.50. The molecule has 2 unspecified atom stereocenters.